The fourth-order valence-corrected chi connectivity index (χ4v) is 1.41. The van der Waals surface area contributed by atoms with E-state index in [1.807, 2.05) is 13.8 Å². The molecule has 1 unspecified atom stereocenters. The number of nitrogens with one attached hydrogen (secondary N) is 1. The minimum absolute atomic E-state index is 0.0650. The van der Waals surface area contributed by atoms with Crippen LogP contribution < -0.4 is 11.1 Å². The molecular formula is C10H16N4OS. The van der Waals surface area contributed by atoms with Gasteiger partial charge in [0.25, 0.3) is 0 Å². The Labute approximate surface area is 100 Å². The van der Waals surface area contributed by atoms with Crippen LogP contribution >= 0.6 is 12.2 Å². The molecule has 1 amide bonds. The second-order valence-corrected chi connectivity index (χ2v) is 4.06. The van der Waals surface area contributed by atoms with Gasteiger partial charge in [0.1, 0.15) is 11.5 Å². The molecular weight excluding hydrogens is 224 g/mol. The molecule has 1 aromatic rings. The first-order valence-corrected chi connectivity index (χ1v) is 5.55. The second-order valence-electron chi connectivity index (χ2n) is 3.62. The molecule has 1 atom stereocenters. The van der Waals surface area contributed by atoms with Crippen LogP contribution in [0.15, 0.2) is 12.4 Å². The van der Waals surface area contributed by atoms with Crippen LogP contribution in [0.5, 0.6) is 0 Å². The van der Waals surface area contributed by atoms with Crippen LogP contribution in [0.3, 0.4) is 0 Å². The van der Waals surface area contributed by atoms with Gasteiger partial charge in [-0.3, -0.25) is 4.79 Å². The topological polar surface area (TPSA) is 72.9 Å². The average Bonchev–Trinajstić information content (AvgIpc) is 2.65. The van der Waals surface area contributed by atoms with E-state index in [2.05, 4.69) is 10.3 Å². The Morgan fingerprint density at radius 1 is 1.75 bits per heavy atom. The zero-order valence-electron chi connectivity index (χ0n) is 9.43. The number of hydrogen-bond donors (Lipinski definition) is 2. The Hall–Kier alpha value is -1.43. The lowest BCUT2D eigenvalue weighted by Gasteiger charge is -2.12. The number of nitrogens with zero attached hydrogens (tertiary/aromatic N) is 2. The monoisotopic (exact) mass is 240 g/mol. The van der Waals surface area contributed by atoms with Crippen molar-refractivity contribution in [3.8, 4) is 0 Å². The maximum atomic E-state index is 11.6. The summed E-state index contributed by atoms with van der Waals surface area (Å²) < 4.78 is 1.64. The summed E-state index contributed by atoms with van der Waals surface area (Å²) in [5, 5.41) is 2.86. The van der Waals surface area contributed by atoms with E-state index in [9.17, 15) is 4.79 Å². The van der Waals surface area contributed by atoms with Crippen molar-refractivity contribution in [1.29, 1.82) is 0 Å². The van der Waals surface area contributed by atoms with Gasteiger partial charge in [0.05, 0.1) is 0 Å². The quantitative estimate of drug-likeness (QED) is 0.732. The number of hydrogen-bond acceptors (Lipinski definition) is 3. The van der Waals surface area contributed by atoms with Gasteiger partial charge in [-0.25, -0.2) is 4.98 Å². The zero-order valence-corrected chi connectivity index (χ0v) is 10.3. The molecule has 6 heteroatoms. The van der Waals surface area contributed by atoms with Crippen molar-refractivity contribution in [2.45, 2.75) is 32.9 Å². The number of aromatic nitrogens is 2. The predicted molar refractivity (Wildman–Crippen MR) is 66.0 cm³/mol. The van der Waals surface area contributed by atoms with Gasteiger partial charge >= 0.3 is 0 Å². The van der Waals surface area contributed by atoms with Crippen molar-refractivity contribution in [2.24, 2.45) is 5.73 Å². The molecule has 0 fully saturated rings. The molecule has 0 aliphatic carbocycles. The van der Waals surface area contributed by atoms with E-state index in [0.29, 0.717) is 5.82 Å². The lowest BCUT2D eigenvalue weighted by atomic mass is 10.2. The summed E-state index contributed by atoms with van der Waals surface area (Å²) in [5.41, 5.74) is 5.48. The van der Waals surface area contributed by atoms with Crippen LogP contribution in [0.1, 0.15) is 26.1 Å². The van der Waals surface area contributed by atoms with E-state index in [0.717, 1.165) is 6.42 Å². The van der Waals surface area contributed by atoms with Crippen molar-refractivity contribution in [1.82, 2.24) is 14.9 Å². The highest BCUT2D eigenvalue weighted by atomic mass is 32.1. The highest BCUT2D eigenvalue weighted by Crippen LogP contribution is 1.98. The standard InChI is InChI=1S/C10H16N4OS/c1-3-7(2)13-8(15)6-14-5-4-12-10(14)9(11)16/h4-5,7H,3,6H2,1-2H3,(H2,11,16)(H,13,15). The molecule has 3 N–H and O–H groups in total. The van der Waals surface area contributed by atoms with Gasteiger partial charge in [-0.05, 0) is 13.3 Å². The third-order valence-corrected chi connectivity index (χ3v) is 2.45. The van der Waals surface area contributed by atoms with Crippen LogP contribution in [-0.4, -0.2) is 26.5 Å². The van der Waals surface area contributed by atoms with E-state index in [1.54, 1.807) is 17.0 Å². The molecule has 88 valence electrons. The van der Waals surface area contributed by atoms with E-state index in [-0.39, 0.29) is 23.5 Å². The van der Waals surface area contributed by atoms with E-state index >= 15 is 0 Å². The summed E-state index contributed by atoms with van der Waals surface area (Å²) in [6.07, 6.45) is 4.16. The molecule has 5 nitrogen and oxygen atoms in total. The van der Waals surface area contributed by atoms with E-state index < -0.39 is 0 Å². The van der Waals surface area contributed by atoms with Gasteiger partial charge in [-0.2, -0.15) is 0 Å². The number of carbonyl (C=O) groups is 1. The maximum absolute atomic E-state index is 11.6. The summed E-state index contributed by atoms with van der Waals surface area (Å²) >= 11 is 4.83. The third kappa shape index (κ3) is 3.30. The molecule has 1 aromatic heterocycles. The Bertz CT molecular complexity index is 388. The van der Waals surface area contributed by atoms with Crippen molar-refractivity contribution < 1.29 is 4.79 Å². The van der Waals surface area contributed by atoms with Crippen LogP contribution in [0.4, 0.5) is 0 Å². The van der Waals surface area contributed by atoms with Gasteiger partial charge in [0.15, 0.2) is 5.82 Å². The van der Waals surface area contributed by atoms with Gasteiger partial charge in [-0.15, -0.1) is 0 Å². The van der Waals surface area contributed by atoms with Crippen LogP contribution in [0, 0.1) is 0 Å². The highest BCUT2D eigenvalue weighted by molar-refractivity contribution is 7.80. The number of amides is 1. The number of nitrogens with two attached hydrogens (primary N) is 1. The van der Waals surface area contributed by atoms with Crippen molar-refractivity contribution >= 4 is 23.1 Å². The molecule has 0 aromatic carbocycles. The first-order chi connectivity index (χ1) is 7.54. The number of carbonyl (C=O) groups excluding carboxylic acids is 1. The largest absolute Gasteiger partial charge is 0.387 e. The van der Waals surface area contributed by atoms with Crippen LogP contribution in [0.2, 0.25) is 0 Å². The molecule has 16 heavy (non-hydrogen) atoms. The summed E-state index contributed by atoms with van der Waals surface area (Å²) in [7, 11) is 0. The van der Waals surface area contributed by atoms with Gasteiger partial charge < -0.3 is 15.6 Å². The van der Waals surface area contributed by atoms with Gasteiger partial charge in [-0.1, -0.05) is 19.1 Å². The minimum Gasteiger partial charge on any atom is -0.387 e. The zero-order chi connectivity index (χ0) is 12.1. The summed E-state index contributed by atoms with van der Waals surface area (Å²) in [6.45, 7) is 4.17. The fourth-order valence-electron chi connectivity index (χ4n) is 1.24. The maximum Gasteiger partial charge on any atom is 0.240 e. The number of imidazole rings is 1. The minimum atomic E-state index is -0.0650. The number of thiocarbonyl (C=S) groups is 1. The van der Waals surface area contributed by atoms with Crippen LogP contribution in [0.25, 0.3) is 0 Å². The Morgan fingerprint density at radius 2 is 2.44 bits per heavy atom. The molecule has 0 saturated carbocycles. The fraction of sp³-hybridized carbons (Fsp3) is 0.500. The molecule has 0 aliphatic rings. The Balaban J connectivity index is 2.63. The molecule has 0 aliphatic heterocycles. The molecule has 1 rings (SSSR count). The molecule has 0 saturated heterocycles. The van der Waals surface area contributed by atoms with Crippen molar-refractivity contribution in [3.05, 3.63) is 18.2 Å². The highest BCUT2D eigenvalue weighted by Gasteiger charge is 2.10. The Kier molecular flexibility index (Phi) is 4.42. The molecule has 0 bridgehead atoms. The van der Waals surface area contributed by atoms with Gasteiger partial charge in [0.2, 0.25) is 5.91 Å². The summed E-state index contributed by atoms with van der Waals surface area (Å²) in [4.78, 5) is 15.8. The SMILES string of the molecule is CCC(C)NC(=O)Cn1ccnc1C(N)=S. The predicted octanol–water partition coefficient (Wildman–Crippen LogP) is 0.432. The lowest BCUT2D eigenvalue weighted by molar-refractivity contribution is -0.122. The second kappa shape index (κ2) is 5.60. The average molecular weight is 240 g/mol. The first-order valence-electron chi connectivity index (χ1n) is 5.15. The van der Waals surface area contributed by atoms with E-state index in [1.165, 1.54) is 0 Å². The third-order valence-electron chi connectivity index (χ3n) is 2.27. The Morgan fingerprint density at radius 3 is 3.00 bits per heavy atom. The molecule has 0 radical (unpaired) electrons. The number of rotatable bonds is 5. The molecule has 1 heterocycles. The lowest BCUT2D eigenvalue weighted by Crippen LogP contribution is -2.35. The first kappa shape index (κ1) is 12.6. The van der Waals surface area contributed by atoms with Crippen LogP contribution in [-0.2, 0) is 11.3 Å². The van der Waals surface area contributed by atoms with Gasteiger partial charge in [0, 0.05) is 18.4 Å². The molecule has 0 spiro atoms. The van der Waals surface area contributed by atoms with Crippen molar-refractivity contribution in [2.75, 3.05) is 0 Å². The van der Waals surface area contributed by atoms with E-state index in [4.69, 9.17) is 18.0 Å². The normalized spacial score (nSPS) is 12.1. The smallest absolute Gasteiger partial charge is 0.240 e. The summed E-state index contributed by atoms with van der Waals surface area (Å²) in [5.74, 6) is 0.402. The van der Waals surface area contributed by atoms with Crippen molar-refractivity contribution in [3.63, 3.8) is 0 Å². The summed E-state index contributed by atoms with van der Waals surface area (Å²) in [6, 6.07) is 0.171.